The Labute approximate surface area is 213 Å². The van der Waals surface area contributed by atoms with E-state index in [1.54, 1.807) is 0 Å². The van der Waals surface area contributed by atoms with Crippen LogP contribution < -0.4 is 10.6 Å². The van der Waals surface area contributed by atoms with Gasteiger partial charge in [-0.2, -0.15) is 0 Å². The van der Waals surface area contributed by atoms with Crippen molar-refractivity contribution >= 4 is 16.6 Å². The van der Waals surface area contributed by atoms with E-state index in [0.29, 0.717) is 0 Å². The fraction of sp³-hybridized carbons (Fsp3) is 0.586. The summed E-state index contributed by atoms with van der Waals surface area (Å²) in [6, 6.07) is 20.2. The van der Waals surface area contributed by atoms with Gasteiger partial charge in [0.05, 0.1) is 0 Å². The normalized spacial score (nSPS) is 12.3. The van der Waals surface area contributed by atoms with E-state index in [1.807, 2.05) is 14.1 Å². The summed E-state index contributed by atoms with van der Waals surface area (Å²) in [5, 5.41) is 6.43. The molecule has 0 saturated heterocycles. The Balaban J connectivity index is 0.000000340. The van der Waals surface area contributed by atoms with Crippen molar-refractivity contribution in [3.63, 3.8) is 0 Å². The molecule has 2 rings (SSSR count). The summed E-state index contributed by atoms with van der Waals surface area (Å²) in [6.07, 6.45) is 2.49. The van der Waals surface area contributed by atoms with E-state index < -0.39 is 16.6 Å². The molecule has 34 heavy (non-hydrogen) atoms. The van der Waals surface area contributed by atoms with Gasteiger partial charge in [-0.05, 0) is 103 Å². The number of benzene rings is 2. The van der Waals surface area contributed by atoms with Crippen LogP contribution in [0.4, 0.5) is 0 Å². The second kappa shape index (κ2) is 14.3. The Bertz CT molecular complexity index is 748. The minimum atomic E-state index is -1.43. The molecule has 0 radical (unpaired) electrons. The number of hydrogen-bond donors (Lipinski definition) is 2. The molecule has 0 heterocycles. The van der Waals surface area contributed by atoms with E-state index in [2.05, 4.69) is 113 Å². The monoisotopic (exact) mass is 500 g/mol. The molecule has 2 N–H and O–H groups in total. The summed E-state index contributed by atoms with van der Waals surface area (Å²) >= 11 is 0. The van der Waals surface area contributed by atoms with Crippen LogP contribution in [0, 0.1) is 13.8 Å². The molecule has 0 bridgehead atoms. The van der Waals surface area contributed by atoms with E-state index in [9.17, 15) is 0 Å². The van der Waals surface area contributed by atoms with Crippen LogP contribution in [0.3, 0.4) is 0 Å². The largest absolute Gasteiger partial charge is 0.455 e. The highest BCUT2D eigenvalue weighted by molar-refractivity contribution is 6.84. The van der Waals surface area contributed by atoms with Crippen molar-refractivity contribution in [2.24, 2.45) is 0 Å². The van der Waals surface area contributed by atoms with Gasteiger partial charge in [-0.3, -0.25) is 0 Å². The average molecular weight is 501 g/mol. The second-order valence-corrected chi connectivity index (χ2v) is 20.2. The van der Waals surface area contributed by atoms with Gasteiger partial charge in [0, 0.05) is 5.41 Å². The van der Waals surface area contributed by atoms with Crippen LogP contribution in [0.2, 0.25) is 38.3 Å². The summed E-state index contributed by atoms with van der Waals surface area (Å²) in [6.45, 7) is 20.5. The highest BCUT2D eigenvalue weighted by Crippen LogP contribution is 2.31. The van der Waals surface area contributed by atoms with E-state index >= 15 is 0 Å². The van der Waals surface area contributed by atoms with Gasteiger partial charge in [-0.15, -0.1) is 0 Å². The highest BCUT2D eigenvalue weighted by Gasteiger charge is 2.32. The van der Waals surface area contributed by atoms with E-state index in [1.165, 1.54) is 47.2 Å². The van der Waals surface area contributed by atoms with Gasteiger partial charge in [0.25, 0.3) is 0 Å². The van der Waals surface area contributed by atoms with Crippen LogP contribution in [-0.2, 0) is 9.53 Å². The molecule has 0 fully saturated rings. The lowest BCUT2D eigenvalue weighted by molar-refractivity contribution is 0.527. The third-order valence-electron chi connectivity index (χ3n) is 6.51. The highest BCUT2D eigenvalue weighted by atomic mass is 28.4. The summed E-state index contributed by atoms with van der Waals surface area (Å²) < 4.78 is 6.54. The van der Waals surface area contributed by atoms with Crippen molar-refractivity contribution in [2.75, 3.05) is 27.2 Å². The lowest BCUT2D eigenvalue weighted by Gasteiger charge is -2.34. The quantitative estimate of drug-likeness (QED) is 0.238. The van der Waals surface area contributed by atoms with Crippen LogP contribution in [0.1, 0.15) is 48.9 Å². The van der Waals surface area contributed by atoms with E-state index in [4.69, 9.17) is 4.12 Å². The summed E-state index contributed by atoms with van der Waals surface area (Å²) in [5.41, 5.74) is 5.43. The molecule has 2 aromatic rings. The lowest BCUT2D eigenvalue weighted by atomic mass is 9.78. The van der Waals surface area contributed by atoms with Gasteiger partial charge in [-0.25, -0.2) is 0 Å². The smallest absolute Gasteiger partial charge is 0.173 e. The van der Waals surface area contributed by atoms with Crippen LogP contribution in [0.25, 0.3) is 0 Å². The van der Waals surface area contributed by atoms with E-state index in [0.717, 1.165) is 13.1 Å². The first kappa shape index (κ1) is 30.8. The number of hydrogen-bond acceptors (Lipinski definition) is 3. The molecule has 0 aliphatic rings. The first-order valence-electron chi connectivity index (χ1n) is 13.0. The van der Waals surface area contributed by atoms with Crippen molar-refractivity contribution in [1.82, 2.24) is 10.6 Å². The van der Waals surface area contributed by atoms with Crippen molar-refractivity contribution in [3.8, 4) is 0 Å². The van der Waals surface area contributed by atoms with Gasteiger partial charge in [0.15, 0.2) is 16.6 Å². The van der Waals surface area contributed by atoms with Crippen LogP contribution in [0.15, 0.2) is 48.5 Å². The molecule has 5 heteroatoms. The molecule has 3 nitrogen and oxygen atoms in total. The van der Waals surface area contributed by atoms with Crippen LogP contribution >= 0.6 is 0 Å². The Hall–Kier alpha value is -1.25. The maximum Gasteiger partial charge on any atom is 0.173 e. The molecule has 0 saturated carbocycles. The van der Waals surface area contributed by atoms with Crippen LogP contribution in [0.5, 0.6) is 0 Å². The summed E-state index contributed by atoms with van der Waals surface area (Å²) in [7, 11) is 1.17. The fourth-order valence-electron chi connectivity index (χ4n) is 4.34. The predicted octanol–water partition coefficient (Wildman–Crippen LogP) is 7.26. The van der Waals surface area contributed by atoms with Crippen LogP contribution in [-0.4, -0.2) is 43.8 Å². The van der Waals surface area contributed by atoms with Crippen molar-refractivity contribution in [1.29, 1.82) is 0 Å². The number of nitrogens with one attached hydrogen (secondary N) is 2. The molecule has 0 amide bonds. The first-order valence-corrected chi connectivity index (χ1v) is 19.2. The maximum atomic E-state index is 6.54. The number of aryl methyl sites for hydroxylation is 2. The van der Waals surface area contributed by atoms with Crippen molar-refractivity contribution in [2.45, 2.75) is 84.2 Å². The summed E-state index contributed by atoms with van der Waals surface area (Å²) in [5.74, 6) is 0. The molecule has 0 aromatic heterocycles. The third kappa shape index (κ3) is 11.5. The zero-order valence-electron chi connectivity index (χ0n) is 23.8. The molecule has 0 aliphatic carbocycles. The molecule has 0 spiro atoms. The van der Waals surface area contributed by atoms with Crippen molar-refractivity contribution < 1.29 is 4.12 Å². The zero-order chi connectivity index (χ0) is 25.8. The Morgan fingerprint density at radius 2 is 0.971 bits per heavy atom. The maximum absolute atomic E-state index is 6.54. The van der Waals surface area contributed by atoms with Gasteiger partial charge >= 0.3 is 0 Å². The standard InChI is InChI=1S/C17H20.C12H32N2OSi2/c1-13-5-9-15(10-6-13)17(3,4)16-11-7-14(2)8-12-16;1-13-9-7-11-16(3,4)15-17(5,6)12-8-10-14-2/h5-12H,1-4H3;13-14H,7-12H2,1-6H3. The predicted molar refractivity (Wildman–Crippen MR) is 157 cm³/mol. The molecule has 0 unspecified atom stereocenters. The molecule has 192 valence electrons. The molecular formula is C29H52N2OSi2. The van der Waals surface area contributed by atoms with E-state index in [-0.39, 0.29) is 5.41 Å². The first-order chi connectivity index (χ1) is 15.8. The zero-order valence-corrected chi connectivity index (χ0v) is 25.8. The van der Waals surface area contributed by atoms with Gasteiger partial charge < -0.3 is 14.7 Å². The Kier molecular flexibility index (Phi) is 13.0. The molecular weight excluding hydrogens is 449 g/mol. The Morgan fingerprint density at radius 3 is 1.26 bits per heavy atom. The topological polar surface area (TPSA) is 33.3 Å². The minimum absolute atomic E-state index is 0.0708. The van der Waals surface area contributed by atoms with Gasteiger partial charge in [0.1, 0.15) is 0 Å². The SMILES string of the molecule is CNCCC[Si](C)(C)O[Si](C)(C)CCCNC.Cc1ccc(C(C)(C)c2ccc(C)cc2)cc1. The average Bonchev–Trinajstić information content (AvgIpc) is 2.74. The molecule has 0 atom stereocenters. The Morgan fingerprint density at radius 1 is 0.647 bits per heavy atom. The minimum Gasteiger partial charge on any atom is -0.455 e. The third-order valence-corrected chi connectivity index (χ3v) is 14.0. The molecule has 0 aliphatic heterocycles. The lowest BCUT2D eigenvalue weighted by Crippen LogP contribution is -2.44. The van der Waals surface area contributed by atoms with Crippen molar-refractivity contribution in [3.05, 3.63) is 70.8 Å². The van der Waals surface area contributed by atoms with Gasteiger partial charge in [0.2, 0.25) is 0 Å². The number of rotatable bonds is 12. The second-order valence-electron chi connectivity index (χ2n) is 11.4. The molecule has 2 aromatic carbocycles. The van der Waals surface area contributed by atoms with Gasteiger partial charge in [-0.1, -0.05) is 73.5 Å². The summed E-state index contributed by atoms with van der Waals surface area (Å²) in [4.78, 5) is 0. The fourth-order valence-corrected chi connectivity index (χ4v) is 13.2.